The predicted molar refractivity (Wildman–Crippen MR) is 57.2 cm³/mol. The van der Waals surface area contributed by atoms with Gasteiger partial charge in [0.2, 0.25) is 0 Å². The van der Waals surface area contributed by atoms with E-state index >= 15 is 0 Å². The van der Waals surface area contributed by atoms with E-state index in [0.717, 1.165) is 6.54 Å². The molecule has 1 heterocycles. The van der Waals surface area contributed by atoms with Crippen LogP contribution in [0.15, 0.2) is 30.3 Å². The molecule has 0 spiro atoms. The van der Waals surface area contributed by atoms with Crippen molar-refractivity contribution in [1.29, 1.82) is 0 Å². The smallest absolute Gasteiger partial charge is 0.105 e. The first kappa shape index (κ1) is 9.69. The van der Waals surface area contributed by atoms with E-state index in [1.54, 1.807) is 7.11 Å². The lowest BCUT2D eigenvalue weighted by Crippen LogP contribution is -2.56. The molecule has 0 saturated carbocycles. The maximum atomic E-state index is 5.67. The lowest BCUT2D eigenvalue weighted by Gasteiger charge is -2.43. The average molecular weight is 191 g/mol. The first-order valence-electron chi connectivity index (χ1n) is 5.11. The normalized spacial score (nSPS) is 25.1. The molecule has 1 fully saturated rings. The minimum atomic E-state index is -0.181. The van der Waals surface area contributed by atoms with Gasteiger partial charge in [-0.15, -0.1) is 0 Å². The summed E-state index contributed by atoms with van der Waals surface area (Å²) in [6.07, 6.45) is 1.19. The maximum Gasteiger partial charge on any atom is 0.105 e. The summed E-state index contributed by atoms with van der Waals surface area (Å²) in [4.78, 5) is 0. The Balaban J connectivity index is 2.27. The molecule has 14 heavy (non-hydrogen) atoms. The molecule has 2 nitrogen and oxygen atoms in total. The van der Waals surface area contributed by atoms with Gasteiger partial charge in [-0.1, -0.05) is 30.3 Å². The molecule has 1 aromatic rings. The van der Waals surface area contributed by atoms with Crippen LogP contribution in [0.5, 0.6) is 0 Å². The molecular weight excluding hydrogens is 174 g/mol. The molecule has 1 saturated heterocycles. The van der Waals surface area contributed by atoms with Crippen molar-refractivity contribution in [2.24, 2.45) is 0 Å². The molecule has 1 N–H and O–H groups in total. The van der Waals surface area contributed by atoms with Crippen LogP contribution in [0.2, 0.25) is 0 Å². The van der Waals surface area contributed by atoms with E-state index in [2.05, 4.69) is 36.5 Å². The first-order valence-corrected chi connectivity index (χ1v) is 5.11. The Labute approximate surface area is 85.3 Å². The van der Waals surface area contributed by atoms with Gasteiger partial charge in [0.15, 0.2) is 0 Å². The van der Waals surface area contributed by atoms with Crippen LogP contribution in [0.4, 0.5) is 0 Å². The molecule has 0 unspecified atom stereocenters. The molecule has 0 radical (unpaired) electrons. The SMILES string of the molecule is CO[C@@](C)(c1ccccc1)[C@@H]1CCN1. The van der Waals surface area contributed by atoms with Crippen LogP contribution >= 0.6 is 0 Å². The monoisotopic (exact) mass is 191 g/mol. The summed E-state index contributed by atoms with van der Waals surface area (Å²) in [5, 5.41) is 3.41. The molecule has 0 bridgehead atoms. The standard InChI is InChI=1S/C12H17NO/c1-12(14-2,11-8-9-13-11)10-6-4-3-5-7-10/h3-7,11,13H,8-9H2,1-2H3/t11-,12-/m0/s1. The van der Waals surface area contributed by atoms with E-state index in [1.165, 1.54) is 12.0 Å². The fourth-order valence-electron chi connectivity index (χ4n) is 1.99. The highest BCUT2D eigenvalue weighted by atomic mass is 16.5. The number of rotatable bonds is 3. The molecule has 1 aliphatic rings. The number of methoxy groups -OCH3 is 1. The minimum Gasteiger partial charge on any atom is -0.372 e. The van der Waals surface area contributed by atoms with Crippen LogP contribution in [0.1, 0.15) is 18.9 Å². The summed E-state index contributed by atoms with van der Waals surface area (Å²) >= 11 is 0. The van der Waals surface area contributed by atoms with Gasteiger partial charge in [-0.3, -0.25) is 0 Å². The second-order valence-electron chi connectivity index (χ2n) is 3.97. The number of nitrogens with one attached hydrogen (secondary N) is 1. The maximum absolute atomic E-state index is 5.67. The van der Waals surface area contributed by atoms with E-state index in [-0.39, 0.29) is 5.60 Å². The molecule has 2 rings (SSSR count). The topological polar surface area (TPSA) is 21.3 Å². The van der Waals surface area contributed by atoms with Crippen molar-refractivity contribution < 1.29 is 4.74 Å². The Morgan fingerprint density at radius 2 is 2.00 bits per heavy atom. The Morgan fingerprint density at radius 1 is 1.36 bits per heavy atom. The van der Waals surface area contributed by atoms with E-state index in [1.807, 2.05) is 6.07 Å². The number of ether oxygens (including phenoxy) is 1. The fraction of sp³-hybridized carbons (Fsp3) is 0.500. The predicted octanol–water partition coefficient (Wildman–Crippen LogP) is 1.91. The highest BCUT2D eigenvalue weighted by molar-refractivity contribution is 5.25. The van der Waals surface area contributed by atoms with Crippen LogP contribution in [0, 0.1) is 0 Å². The van der Waals surface area contributed by atoms with Gasteiger partial charge in [0.25, 0.3) is 0 Å². The van der Waals surface area contributed by atoms with Gasteiger partial charge in [-0.25, -0.2) is 0 Å². The van der Waals surface area contributed by atoms with Crippen LogP contribution in [0.3, 0.4) is 0 Å². The number of hydrogen-bond donors (Lipinski definition) is 1. The third-order valence-electron chi connectivity index (χ3n) is 3.26. The molecule has 1 aliphatic heterocycles. The van der Waals surface area contributed by atoms with Crippen LogP contribution in [0.25, 0.3) is 0 Å². The second-order valence-corrected chi connectivity index (χ2v) is 3.97. The zero-order valence-corrected chi connectivity index (χ0v) is 8.79. The minimum absolute atomic E-state index is 0.181. The van der Waals surface area contributed by atoms with Gasteiger partial charge in [0, 0.05) is 13.2 Å². The van der Waals surface area contributed by atoms with E-state index in [4.69, 9.17) is 4.74 Å². The zero-order chi connectivity index (χ0) is 10.0. The summed E-state index contributed by atoms with van der Waals surface area (Å²) in [5.74, 6) is 0. The van der Waals surface area contributed by atoms with Crippen molar-refractivity contribution >= 4 is 0 Å². The van der Waals surface area contributed by atoms with E-state index < -0.39 is 0 Å². The molecule has 76 valence electrons. The van der Waals surface area contributed by atoms with Crippen LogP contribution < -0.4 is 5.32 Å². The van der Waals surface area contributed by atoms with Gasteiger partial charge >= 0.3 is 0 Å². The van der Waals surface area contributed by atoms with Crippen LogP contribution in [-0.2, 0) is 10.3 Å². The van der Waals surface area contributed by atoms with Crippen molar-refractivity contribution in [3.8, 4) is 0 Å². The summed E-state index contributed by atoms with van der Waals surface area (Å²) in [6.45, 7) is 3.26. The van der Waals surface area contributed by atoms with E-state index in [9.17, 15) is 0 Å². The second kappa shape index (κ2) is 3.71. The van der Waals surface area contributed by atoms with Crippen molar-refractivity contribution in [3.63, 3.8) is 0 Å². The Morgan fingerprint density at radius 3 is 2.43 bits per heavy atom. The molecule has 0 aliphatic carbocycles. The quantitative estimate of drug-likeness (QED) is 0.788. The lowest BCUT2D eigenvalue weighted by atomic mass is 9.82. The van der Waals surface area contributed by atoms with Crippen molar-refractivity contribution in [2.75, 3.05) is 13.7 Å². The van der Waals surface area contributed by atoms with Gasteiger partial charge in [0.05, 0.1) is 0 Å². The molecule has 2 heteroatoms. The van der Waals surface area contributed by atoms with E-state index in [0.29, 0.717) is 6.04 Å². The Hall–Kier alpha value is -0.860. The molecule has 0 amide bonds. The Kier molecular flexibility index (Phi) is 2.57. The fourth-order valence-corrected chi connectivity index (χ4v) is 1.99. The highest BCUT2D eigenvalue weighted by Gasteiger charge is 2.39. The first-order chi connectivity index (χ1) is 6.77. The van der Waals surface area contributed by atoms with Crippen molar-refractivity contribution in [1.82, 2.24) is 5.32 Å². The molecular formula is C12H17NO. The van der Waals surface area contributed by atoms with Crippen molar-refractivity contribution in [3.05, 3.63) is 35.9 Å². The summed E-state index contributed by atoms with van der Waals surface area (Å²) in [5.41, 5.74) is 1.07. The largest absolute Gasteiger partial charge is 0.372 e. The summed E-state index contributed by atoms with van der Waals surface area (Å²) in [7, 11) is 1.78. The van der Waals surface area contributed by atoms with Gasteiger partial charge in [-0.2, -0.15) is 0 Å². The van der Waals surface area contributed by atoms with Crippen LogP contribution in [-0.4, -0.2) is 19.7 Å². The third kappa shape index (κ3) is 1.45. The van der Waals surface area contributed by atoms with Crippen molar-refractivity contribution in [2.45, 2.75) is 25.0 Å². The van der Waals surface area contributed by atoms with Gasteiger partial charge in [-0.05, 0) is 25.5 Å². The summed E-state index contributed by atoms with van der Waals surface area (Å²) < 4.78 is 5.67. The Bertz CT molecular complexity index is 294. The molecule has 1 aromatic carbocycles. The lowest BCUT2D eigenvalue weighted by molar-refractivity contribution is -0.0496. The average Bonchev–Trinajstić information content (AvgIpc) is 2.16. The summed E-state index contributed by atoms with van der Waals surface area (Å²) in [6, 6.07) is 10.9. The van der Waals surface area contributed by atoms with Gasteiger partial charge in [0.1, 0.15) is 5.60 Å². The molecule has 0 aromatic heterocycles. The molecule has 2 atom stereocenters. The van der Waals surface area contributed by atoms with Gasteiger partial charge < -0.3 is 10.1 Å². The third-order valence-corrected chi connectivity index (χ3v) is 3.26. The zero-order valence-electron chi connectivity index (χ0n) is 8.79. The highest BCUT2D eigenvalue weighted by Crippen LogP contribution is 2.32. The number of hydrogen-bond acceptors (Lipinski definition) is 2. The number of benzene rings is 1.